The average molecular weight is 325 g/mol. The summed E-state index contributed by atoms with van der Waals surface area (Å²) in [6, 6.07) is 7.84. The van der Waals surface area contributed by atoms with Gasteiger partial charge >= 0.3 is 5.97 Å². The summed E-state index contributed by atoms with van der Waals surface area (Å²) in [5.41, 5.74) is 0.827. The van der Waals surface area contributed by atoms with Gasteiger partial charge in [-0.2, -0.15) is 11.8 Å². The van der Waals surface area contributed by atoms with Crippen molar-refractivity contribution in [3.63, 3.8) is 0 Å². The number of carboxylic acids is 1. The van der Waals surface area contributed by atoms with Crippen molar-refractivity contribution in [3.05, 3.63) is 34.7 Å². The Morgan fingerprint density at radius 3 is 2.76 bits per heavy atom. The quantitative estimate of drug-likeness (QED) is 0.730. The Morgan fingerprint density at radius 1 is 1.43 bits per heavy atom. The Hall–Kier alpha value is -1.08. The Balaban J connectivity index is 2.24. The Bertz CT molecular complexity index is 622. The predicted octanol–water partition coefficient (Wildman–Crippen LogP) is 2.80. The standard InChI is InChI=1S/C15H19NO3S2/c1-9(13(8-17)20-2)16-7-11-10-5-3-4-6-12(10)21-14(11)15(18)19/h3-6,9,13,16-17H,7-8H2,1-2H3,(H,18,19). The van der Waals surface area contributed by atoms with Crippen LogP contribution in [0.1, 0.15) is 22.2 Å². The van der Waals surface area contributed by atoms with Gasteiger partial charge in [-0.3, -0.25) is 0 Å². The van der Waals surface area contributed by atoms with Gasteiger partial charge in [-0.1, -0.05) is 18.2 Å². The maximum absolute atomic E-state index is 11.4. The lowest BCUT2D eigenvalue weighted by molar-refractivity contribution is 0.0701. The molecular weight excluding hydrogens is 306 g/mol. The van der Waals surface area contributed by atoms with Crippen LogP contribution < -0.4 is 5.32 Å². The van der Waals surface area contributed by atoms with Crippen molar-refractivity contribution >= 4 is 39.2 Å². The van der Waals surface area contributed by atoms with Crippen molar-refractivity contribution in [2.24, 2.45) is 0 Å². The highest BCUT2D eigenvalue weighted by Crippen LogP contribution is 2.31. The number of carbonyl (C=O) groups is 1. The molecule has 1 heterocycles. The number of aromatic carboxylic acids is 1. The van der Waals surface area contributed by atoms with Crippen molar-refractivity contribution in [2.45, 2.75) is 24.8 Å². The first-order valence-corrected chi connectivity index (χ1v) is 8.79. The second kappa shape index (κ2) is 7.26. The Kier molecular flexibility index (Phi) is 5.64. The van der Waals surface area contributed by atoms with Crippen LogP contribution in [0.2, 0.25) is 0 Å². The van der Waals surface area contributed by atoms with Crippen LogP contribution in [0.25, 0.3) is 10.1 Å². The van der Waals surface area contributed by atoms with E-state index < -0.39 is 5.97 Å². The topological polar surface area (TPSA) is 69.6 Å². The van der Waals surface area contributed by atoms with Crippen molar-refractivity contribution < 1.29 is 15.0 Å². The molecule has 4 nitrogen and oxygen atoms in total. The smallest absolute Gasteiger partial charge is 0.346 e. The third-order valence-corrected chi connectivity index (χ3v) is 5.90. The highest BCUT2D eigenvalue weighted by molar-refractivity contribution is 7.99. The number of thiophene rings is 1. The second-order valence-corrected chi connectivity index (χ2v) is 6.97. The molecule has 6 heteroatoms. The first-order chi connectivity index (χ1) is 10.1. The van der Waals surface area contributed by atoms with Gasteiger partial charge in [0.15, 0.2) is 0 Å². The molecular formula is C15H19NO3S2. The number of benzene rings is 1. The molecule has 2 atom stereocenters. The molecule has 1 aromatic carbocycles. The van der Waals surface area contributed by atoms with E-state index in [1.54, 1.807) is 11.8 Å². The zero-order valence-corrected chi connectivity index (χ0v) is 13.6. The first kappa shape index (κ1) is 16.3. The molecule has 0 amide bonds. The Labute approximate surface area is 132 Å². The largest absolute Gasteiger partial charge is 0.477 e. The van der Waals surface area contributed by atoms with Gasteiger partial charge in [-0.25, -0.2) is 4.79 Å². The second-order valence-electron chi connectivity index (χ2n) is 4.84. The molecule has 0 saturated heterocycles. The molecule has 2 unspecified atom stereocenters. The number of aliphatic hydroxyl groups excluding tert-OH is 1. The lowest BCUT2D eigenvalue weighted by Gasteiger charge is -2.21. The number of hydrogen-bond acceptors (Lipinski definition) is 5. The molecule has 2 rings (SSSR count). The molecule has 0 bridgehead atoms. The van der Waals surface area contributed by atoms with Gasteiger partial charge in [0.25, 0.3) is 0 Å². The van der Waals surface area contributed by atoms with Crippen LogP contribution in [0.3, 0.4) is 0 Å². The van der Waals surface area contributed by atoms with Crippen LogP contribution in [-0.4, -0.2) is 40.3 Å². The molecule has 21 heavy (non-hydrogen) atoms. The van der Waals surface area contributed by atoms with Crippen molar-refractivity contribution in [1.29, 1.82) is 0 Å². The fourth-order valence-corrected chi connectivity index (χ4v) is 3.99. The molecule has 0 aliphatic carbocycles. The summed E-state index contributed by atoms with van der Waals surface area (Å²) in [4.78, 5) is 11.8. The number of thioether (sulfide) groups is 1. The zero-order chi connectivity index (χ0) is 15.4. The summed E-state index contributed by atoms with van der Waals surface area (Å²) < 4.78 is 0.989. The van der Waals surface area contributed by atoms with Gasteiger partial charge in [0.2, 0.25) is 0 Å². The first-order valence-electron chi connectivity index (χ1n) is 6.69. The normalized spacial score (nSPS) is 14.2. The number of fused-ring (bicyclic) bond motifs is 1. The molecule has 0 fully saturated rings. The minimum atomic E-state index is -0.885. The molecule has 2 aromatic rings. The van der Waals surface area contributed by atoms with E-state index in [2.05, 4.69) is 5.32 Å². The van der Waals surface area contributed by atoms with E-state index in [-0.39, 0.29) is 17.9 Å². The maximum atomic E-state index is 11.4. The lowest BCUT2D eigenvalue weighted by Crippen LogP contribution is -2.37. The third kappa shape index (κ3) is 3.58. The summed E-state index contributed by atoms with van der Waals surface area (Å²) in [5, 5.41) is 23.1. The van der Waals surface area contributed by atoms with E-state index >= 15 is 0 Å². The summed E-state index contributed by atoms with van der Waals surface area (Å²) in [7, 11) is 0. The monoisotopic (exact) mass is 325 g/mol. The summed E-state index contributed by atoms with van der Waals surface area (Å²) >= 11 is 2.91. The number of carboxylic acid groups (broad SMARTS) is 1. The van der Waals surface area contributed by atoms with Crippen LogP contribution in [0.4, 0.5) is 0 Å². The van der Waals surface area contributed by atoms with Gasteiger partial charge in [0.05, 0.1) is 6.61 Å². The van der Waals surface area contributed by atoms with Gasteiger partial charge in [-0.05, 0) is 30.2 Å². The van der Waals surface area contributed by atoms with E-state index in [0.717, 1.165) is 15.6 Å². The van der Waals surface area contributed by atoms with Crippen LogP contribution in [0.15, 0.2) is 24.3 Å². The lowest BCUT2D eigenvalue weighted by atomic mass is 10.1. The molecule has 0 aliphatic rings. The van der Waals surface area contributed by atoms with Gasteiger partial charge < -0.3 is 15.5 Å². The number of nitrogens with one attached hydrogen (secondary N) is 1. The summed E-state index contributed by atoms with van der Waals surface area (Å²) in [5.74, 6) is -0.885. The van der Waals surface area contributed by atoms with E-state index in [1.807, 2.05) is 37.4 Å². The van der Waals surface area contributed by atoms with Crippen LogP contribution in [0, 0.1) is 0 Å². The molecule has 0 radical (unpaired) electrons. The van der Waals surface area contributed by atoms with Gasteiger partial charge in [0.1, 0.15) is 4.88 Å². The van der Waals surface area contributed by atoms with Crippen LogP contribution in [-0.2, 0) is 6.54 Å². The summed E-state index contributed by atoms with van der Waals surface area (Å²) in [6.45, 7) is 2.60. The molecule has 0 saturated carbocycles. The summed E-state index contributed by atoms with van der Waals surface area (Å²) in [6.07, 6.45) is 1.96. The predicted molar refractivity (Wildman–Crippen MR) is 89.5 cm³/mol. The Morgan fingerprint density at radius 2 is 2.14 bits per heavy atom. The number of rotatable bonds is 7. The molecule has 0 aliphatic heterocycles. The molecule has 114 valence electrons. The van der Waals surface area contributed by atoms with Crippen LogP contribution in [0.5, 0.6) is 0 Å². The number of hydrogen-bond donors (Lipinski definition) is 3. The molecule has 3 N–H and O–H groups in total. The molecule has 1 aromatic heterocycles. The highest BCUT2D eigenvalue weighted by Gasteiger charge is 2.20. The SMILES string of the molecule is CSC(CO)C(C)NCc1c(C(=O)O)sc2ccccc12. The highest BCUT2D eigenvalue weighted by atomic mass is 32.2. The molecule has 0 spiro atoms. The number of aliphatic hydroxyl groups is 1. The van der Waals surface area contributed by atoms with E-state index in [9.17, 15) is 15.0 Å². The van der Waals surface area contributed by atoms with Crippen LogP contribution >= 0.6 is 23.1 Å². The van der Waals surface area contributed by atoms with Gasteiger partial charge in [0, 0.05) is 22.5 Å². The third-order valence-electron chi connectivity index (χ3n) is 3.53. The average Bonchev–Trinajstić information content (AvgIpc) is 2.85. The van der Waals surface area contributed by atoms with Crippen molar-refractivity contribution in [3.8, 4) is 0 Å². The van der Waals surface area contributed by atoms with E-state index in [4.69, 9.17) is 0 Å². The van der Waals surface area contributed by atoms with Crippen molar-refractivity contribution in [2.75, 3.05) is 12.9 Å². The maximum Gasteiger partial charge on any atom is 0.346 e. The van der Waals surface area contributed by atoms with Crippen molar-refractivity contribution in [1.82, 2.24) is 5.32 Å². The van der Waals surface area contributed by atoms with Gasteiger partial charge in [-0.15, -0.1) is 11.3 Å². The van der Waals surface area contributed by atoms with E-state index in [0.29, 0.717) is 11.4 Å². The van der Waals surface area contributed by atoms with E-state index in [1.165, 1.54) is 11.3 Å². The zero-order valence-electron chi connectivity index (χ0n) is 12.0. The fraction of sp³-hybridized carbons (Fsp3) is 0.400. The fourth-order valence-electron chi connectivity index (χ4n) is 2.28. The minimum Gasteiger partial charge on any atom is -0.477 e. The minimum absolute atomic E-state index is 0.100.